The van der Waals surface area contributed by atoms with Crippen molar-refractivity contribution in [3.05, 3.63) is 42.5 Å². The molecule has 1 aliphatic rings. The Balaban J connectivity index is 1.72. The Labute approximate surface area is 154 Å². The third kappa shape index (κ3) is 3.43. The Bertz CT molecular complexity index is 898. The molecule has 0 atom stereocenters. The number of nitrogen functional groups attached to an aromatic ring is 1. The van der Waals surface area contributed by atoms with E-state index in [2.05, 4.69) is 57.0 Å². The van der Waals surface area contributed by atoms with E-state index < -0.39 is 0 Å². The van der Waals surface area contributed by atoms with Crippen LogP contribution in [0, 0.1) is 0 Å². The van der Waals surface area contributed by atoms with Crippen LogP contribution in [0.3, 0.4) is 0 Å². The molecule has 1 aliphatic carbocycles. The highest BCUT2D eigenvalue weighted by molar-refractivity contribution is 5.93. The molecular weight excluding hydrogens is 322 g/mol. The SMILES string of the molecule is CNc1ccc(-c2ccc3nc(N)nc(NC4CCCCC4)c3c2)cc1. The standard InChI is InChI=1S/C21H25N5/c1-23-16-10-7-14(8-11-16)15-9-12-19-18(13-15)20(26-21(22)25-19)24-17-5-3-2-4-6-17/h7-13,17,23H,2-6H2,1H3,(H3,22,24,25,26). The molecule has 0 amide bonds. The summed E-state index contributed by atoms with van der Waals surface area (Å²) in [7, 11) is 1.93. The van der Waals surface area contributed by atoms with Gasteiger partial charge in [-0.15, -0.1) is 0 Å². The first-order valence-electron chi connectivity index (χ1n) is 9.35. The first kappa shape index (κ1) is 16.6. The monoisotopic (exact) mass is 347 g/mol. The molecule has 134 valence electrons. The van der Waals surface area contributed by atoms with E-state index in [0.29, 0.717) is 12.0 Å². The molecule has 0 aliphatic heterocycles. The summed E-state index contributed by atoms with van der Waals surface area (Å²) in [5.41, 5.74) is 10.3. The zero-order chi connectivity index (χ0) is 17.9. The number of hydrogen-bond donors (Lipinski definition) is 3. The largest absolute Gasteiger partial charge is 0.388 e. The van der Waals surface area contributed by atoms with Gasteiger partial charge in [0.1, 0.15) is 5.82 Å². The fourth-order valence-electron chi connectivity index (χ4n) is 3.71. The van der Waals surface area contributed by atoms with E-state index in [4.69, 9.17) is 5.73 Å². The lowest BCUT2D eigenvalue weighted by atomic mass is 9.95. The molecular formula is C21H25N5. The van der Waals surface area contributed by atoms with Crippen LogP contribution in [0.1, 0.15) is 32.1 Å². The van der Waals surface area contributed by atoms with Crippen LogP contribution in [-0.2, 0) is 0 Å². The average Bonchev–Trinajstić information content (AvgIpc) is 2.68. The van der Waals surface area contributed by atoms with Gasteiger partial charge in [-0.1, -0.05) is 37.5 Å². The van der Waals surface area contributed by atoms with Gasteiger partial charge in [0.2, 0.25) is 5.95 Å². The Morgan fingerprint density at radius 1 is 0.923 bits per heavy atom. The summed E-state index contributed by atoms with van der Waals surface area (Å²) in [6.07, 6.45) is 6.27. The third-order valence-corrected chi connectivity index (χ3v) is 5.17. The van der Waals surface area contributed by atoms with Crippen LogP contribution in [0.25, 0.3) is 22.0 Å². The smallest absolute Gasteiger partial charge is 0.222 e. The van der Waals surface area contributed by atoms with Gasteiger partial charge in [-0.05, 0) is 48.2 Å². The molecule has 2 aromatic carbocycles. The van der Waals surface area contributed by atoms with E-state index in [-0.39, 0.29) is 0 Å². The quantitative estimate of drug-likeness (QED) is 0.639. The van der Waals surface area contributed by atoms with Crippen LogP contribution in [0.5, 0.6) is 0 Å². The minimum absolute atomic E-state index is 0.321. The highest BCUT2D eigenvalue weighted by Crippen LogP contribution is 2.30. The van der Waals surface area contributed by atoms with E-state index in [1.165, 1.54) is 37.7 Å². The van der Waals surface area contributed by atoms with Crippen molar-refractivity contribution in [3.8, 4) is 11.1 Å². The Hall–Kier alpha value is -2.82. The zero-order valence-electron chi connectivity index (χ0n) is 15.1. The molecule has 26 heavy (non-hydrogen) atoms. The molecule has 3 aromatic rings. The number of anilines is 3. The lowest BCUT2D eigenvalue weighted by molar-refractivity contribution is 0.462. The summed E-state index contributed by atoms with van der Waals surface area (Å²) in [4.78, 5) is 8.91. The predicted molar refractivity (Wildman–Crippen MR) is 109 cm³/mol. The summed E-state index contributed by atoms with van der Waals surface area (Å²) < 4.78 is 0. The zero-order valence-corrected chi connectivity index (χ0v) is 15.1. The maximum Gasteiger partial charge on any atom is 0.222 e. The van der Waals surface area contributed by atoms with Crippen molar-refractivity contribution in [3.63, 3.8) is 0 Å². The molecule has 0 bridgehead atoms. The van der Waals surface area contributed by atoms with E-state index in [0.717, 1.165) is 28.0 Å². The summed E-state index contributed by atoms with van der Waals surface area (Å²) in [5, 5.41) is 7.80. The molecule has 5 nitrogen and oxygen atoms in total. The van der Waals surface area contributed by atoms with Crippen molar-refractivity contribution in [2.45, 2.75) is 38.1 Å². The first-order chi connectivity index (χ1) is 12.7. The maximum absolute atomic E-state index is 5.94. The van der Waals surface area contributed by atoms with Crippen molar-refractivity contribution in [1.29, 1.82) is 0 Å². The van der Waals surface area contributed by atoms with Crippen molar-refractivity contribution < 1.29 is 0 Å². The molecule has 4 rings (SSSR count). The fourth-order valence-corrected chi connectivity index (χ4v) is 3.71. The molecule has 0 radical (unpaired) electrons. The number of aromatic nitrogens is 2. The van der Waals surface area contributed by atoms with E-state index >= 15 is 0 Å². The minimum Gasteiger partial charge on any atom is -0.388 e. The molecule has 0 spiro atoms. The highest BCUT2D eigenvalue weighted by Gasteiger charge is 2.16. The third-order valence-electron chi connectivity index (χ3n) is 5.17. The van der Waals surface area contributed by atoms with Crippen LogP contribution in [0.4, 0.5) is 17.5 Å². The van der Waals surface area contributed by atoms with Gasteiger partial charge < -0.3 is 16.4 Å². The number of hydrogen-bond acceptors (Lipinski definition) is 5. The molecule has 1 aromatic heterocycles. The lowest BCUT2D eigenvalue weighted by Crippen LogP contribution is -2.23. The van der Waals surface area contributed by atoms with Gasteiger partial charge in [0.15, 0.2) is 0 Å². The van der Waals surface area contributed by atoms with E-state index in [1.807, 2.05) is 13.1 Å². The Morgan fingerprint density at radius 3 is 2.38 bits per heavy atom. The molecule has 1 saturated carbocycles. The Kier molecular flexibility index (Phi) is 4.61. The van der Waals surface area contributed by atoms with Gasteiger partial charge >= 0.3 is 0 Å². The molecule has 0 unspecified atom stereocenters. The lowest BCUT2D eigenvalue weighted by Gasteiger charge is -2.24. The van der Waals surface area contributed by atoms with Crippen molar-refractivity contribution in [2.24, 2.45) is 0 Å². The molecule has 5 heteroatoms. The molecule has 4 N–H and O–H groups in total. The van der Waals surface area contributed by atoms with Crippen LogP contribution in [-0.4, -0.2) is 23.1 Å². The number of nitrogens with one attached hydrogen (secondary N) is 2. The molecule has 0 saturated heterocycles. The van der Waals surface area contributed by atoms with Gasteiger partial charge in [-0.2, -0.15) is 4.98 Å². The number of nitrogens with two attached hydrogens (primary N) is 1. The highest BCUT2D eigenvalue weighted by atomic mass is 15.1. The first-order valence-corrected chi connectivity index (χ1v) is 9.35. The van der Waals surface area contributed by atoms with Gasteiger partial charge in [-0.3, -0.25) is 0 Å². The van der Waals surface area contributed by atoms with Gasteiger partial charge in [0.25, 0.3) is 0 Å². The minimum atomic E-state index is 0.321. The van der Waals surface area contributed by atoms with Crippen LogP contribution >= 0.6 is 0 Å². The summed E-state index contributed by atoms with van der Waals surface area (Å²) in [5.74, 6) is 1.18. The van der Waals surface area contributed by atoms with Crippen molar-refractivity contribution in [1.82, 2.24) is 9.97 Å². The number of fused-ring (bicyclic) bond motifs is 1. The summed E-state index contributed by atoms with van der Waals surface area (Å²) in [6.45, 7) is 0. The normalized spacial score (nSPS) is 15.1. The van der Waals surface area contributed by atoms with Gasteiger partial charge in [0, 0.05) is 24.2 Å². The second-order valence-corrected chi connectivity index (χ2v) is 6.97. The van der Waals surface area contributed by atoms with Gasteiger partial charge in [0.05, 0.1) is 5.52 Å². The Morgan fingerprint density at radius 2 is 1.65 bits per heavy atom. The number of benzene rings is 2. The topological polar surface area (TPSA) is 75.9 Å². The van der Waals surface area contributed by atoms with Crippen LogP contribution in [0.2, 0.25) is 0 Å². The molecule has 1 heterocycles. The van der Waals surface area contributed by atoms with Gasteiger partial charge in [-0.25, -0.2) is 4.98 Å². The van der Waals surface area contributed by atoms with Crippen LogP contribution in [0.15, 0.2) is 42.5 Å². The second-order valence-electron chi connectivity index (χ2n) is 6.97. The van der Waals surface area contributed by atoms with E-state index in [9.17, 15) is 0 Å². The van der Waals surface area contributed by atoms with E-state index in [1.54, 1.807) is 0 Å². The summed E-state index contributed by atoms with van der Waals surface area (Å²) in [6, 6.07) is 15.2. The second kappa shape index (κ2) is 7.20. The number of nitrogens with zero attached hydrogens (tertiary/aromatic N) is 2. The molecule has 1 fully saturated rings. The maximum atomic E-state index is 5.94. The average molecular weight is 347 g/mol. The van der Waals surface area contributed by atoms with Crippen LogP contribution < -0.4 is 16.4 Å². The predicted octanol–water partition coefficient (Wildman–Crippen LogP) is 4.67. The fraction of sp³-hybridized carbons (Fsp3) is 0.333. The van der Waals surface area contributed by atoms with Crippen molar-refractivity contribution in [2.75, 3.05) is 23.4 Å². The number of rotatable bonds is 4. The van der Waals surface area contributed by atoms with Crippen molar-refractivity contribution >= 4 is 28.4 Å². The summed E-state index contributed by atoms with van der Waals surface area (Å²) >= 11 is 0.